The van der Waals surface area contributed by atoms with Gasteiger partial charge in [0.1, 0.15) is 0 Å². The van der Waals surface area contributed by atoms with Crippen LogP contribution in [-0.2, 0) is 0 Å². The van der Waals surface area contributed by atoms with Crippen LogP contribution in [0, 0.1) is 5.92 Å². The van der Waals surface area contributed by atoms with Crippen molar-refractivity contribution in [3.05, 3.63) is 0 Å². The molecule has 0 aromatic rings. The predicted molar refractivity (Wildman–Crippen MR) is 70.3 cm³/mol. The molecule has 0 amide bonds. The van der Waals surface area contributed by atoms with E-state index < -0.39 is 0 Å². The third-order valence-electron chi connectivity index (χ3n) is 2.42. The fourth-order valence-corrected chi connectivity index (χ4v) is 2.55. The summed E-state index contributed by atoms with van der Waals surface area (Å²) in [4.78, 5) is 0. The van der Waals surface area contributed by atoms with E-state index >= 15 is 0 Å². The molecule has 15 heavy (non-hydrogen) atoms. The first-order valence-corrected chi connectivity index (χ1v) is 7.24. The van der Waals surface area contributed by atoms with Crippen LogP contribution in [0.25, 0.3) is 0 Å². The Bertz CT molecular complexity index is 142. The van der Waals surface area contributed by atoms with Gasteiger partial charge in [-0.2, -0.15) is 11.8 Å². The Kier molecular flexibility index (Phi) is 9.66. The molecule has 0 rings (SSSR count). The second kappa shape index (κ2) is 9.49. The first kappa shape index (κ1) is 15.3. The van der Waals surface area contributed by atoms with Crippen molar-refractivity contribution in [2.24, 2.45) is 11.7 Å². The van der Waals surface area contributed by atoms with Crippen LogP contribution in [0.2, 0.25) is 0 Å². The molecule has 0 aliphatic heterocycles. The van der Waals surface area contributed by atoms with E-state index in [0.717, 1.165) is 17.9 Å². The van der Waals surface area contributed by atoms with E-state index in [1.54, 1.807) is 0 Å². The minimum Gasteiger partial charge on any atom is -0.391 e. The summed E-state index contributed by atoms with van der Waals surface area (Å²) in [5.74, 6) is 2.51. The van der Waals surface area contributed by atoms with Crippen LogP contribution >= 0.6 is 11.8 Å². The molecule has 0 aromatic carbocycles. The first-order valence-electron chi connectivity index (χ1n) is 6.09. The molecule has 0 aromatic heterocycles. The van der Waals surface area contributed by atoms with Gasteiger partial charge in [0.2, 0.25) is 0 Å². The Labute approximate surface area is 99.0 Å². The minimum atomic E-state index is -0.334. The van der Waals surface area contributed by atoms with Gasteiger partial charge < -0.3 is 10.8 Å². The molecule has 0 saturated carbocycles. The van der Waals surface area contributed by atoms with Crippen molar-refractivity contribution < 1.29 is 5.11 Å². The van der Waals surface area contributed by atoms with Gasteiger partial charge >= 0.3 is 0 Å². The topological polar surface area (TPSA) is 46.2 Å². The van der Waals surface area contributed by atoms with E-state index in [0.29, 0.717) is 5.92 Å². The van der Waals surface area contributed by atoms with Gasteiger partial charge in [0.15, 0.2) is 0 Å². The van der Waals surface area contributed by atoms with Crippen LogP contribution in [-0.4, -0.2) is 28.8 Å². The second-order valence-electron chi connectivity index (χ2n) is 4.64. The monoisotopic (exact) mass is 233 g/mol. The summed E-state index contributed by atoms with van der Waals surface area (Å²) in [7, 11) is 0. The molecule has 0 saturated heterocycles. The fraction of sp³-hybridized carbons (Fsp3) is 1.00. The molecule has 0 bridgehead atoms. The van der Waals surface area contributed by atoms with E-state index in [-0.39, 0.29) is 12.1 Å². The largest absolute Gasteiger partial charge is 0.391 e. The molecule has 2 nitrogen and oxygen atoms in total. The van der Waals surface area contributed by atoms with Crippen LogP contribution in [0.4, 0.5) is 0 Å². The Balaban J connectivity index is 3.42. The van der Waals surface area contributed by atoms with Gasteiger partial charge in [-0.1, -0.05) is 33.6 Å². The number of thioether (sulfide) groups is 1. The Morgan fingerprint density at radius 3 is 2.47 bits per heavy atom. The molecule has 0 fully saturated rings. The summed E-state index contributed by atoms with van der Waals surface area (Å²) in [6, 6.07) is -0.0522. The number of unbranched alkanes of at least 4 members (excludes halogenated alkanes) is 2. The van der Waals surface area contributed by atoms with Crippen LogP contribution in [0.15, 0.2) is 0 Å². The molecule has 2 unspecified atom stereocenters. The Hall–Kier alpha value is 0.270. The number of hydrogen-bond donors (Lipinski definition) is 2. The molecular formula is C12H27NOS. The molecular weight excluding hydrogens is 206 g/mol. The maximum Gasteiger partial charge on any atom is 0.0781 e. The number of nitrogens with two attached hydrogens (primary N) is 1. The average Bonchev–Trinajstić information content (AvgIpc) is 2.16. The number of rotatable bonds is 9. The minimum absolute atomic E-state index is 0.0522. The quantitative estimate of drug-likeness (QED) is 0.602. The molecule has 3 N–H and O–H groups in total. The lowest BCUT2D eigenvalue weighted by Gasteiger charge is -2.20. The van der Waals surface area contributed by atoms with Crippen molar-refractivity contribution in [3.8, 4) is 0 Å². The summed E-state index contributed by atoms with van der Waals surface area (Å²) in [5, 5.41) is 9.78. The highest BCUT2D eigenvalue weighted by molar-refractivity contribution is 7.99. The van der Waals surface area contributed by atoms with Crippen LogP contribution in [0.5, 0.6) is 0 Å². The molecule has 3 heteroatoms. The van der Waals surface area contributed by atoms with Crippen LogP contribution in [0.1, 0.15) is 46.5 Å². The molecule has 0 radical (unpaired) electrons. The highest BCUT2D eigenvalue weighted by atomic mass is 32.2. The van der Waals surface area contributed by atoms with Crippen molar-refractivity contribution >= 4 is 11.8 Å². The third-order valence-corrected chi connectivity index (χ3v) is 3.57. The zero-order chi connectivity index (χ0) is 11.7. The average molecular weight is 233 g/mol. The van der Waals surface area contributed by atoms with E-state index in [2.05, 4.69) is 20.8 Å². The number of aliphatic hydroxyl groups is 1. The van der Waals surface area contributed by atoms with Crippen molar-refractivity contribution in [2.75, 3.05) is 11.5 Å². The standard InChI is InChI=1S/C12H27NOS/c1-4-5-6-7-15-9-12(14)11(13)8-10(2)3/h10-12,14H,4-9,13H2,1-3H3. The number of aliphatic hydroxyl groups excluding tert-OH is 1. The van der Waals surface area contributed by atoms with Gasteiger partial charge in [0.05, 0.1) is 6.10 Å². The molecule has 0 aliphatic rings. The summed E-state index contributed by atoms with van der Waals surface area (Å²) in [6.07, 6.45) is 4.39. The fourth-order valence-electron chi connectivity index (χ4n) is 1.48. The van der Waals surface area contributed by atoms with Gasteiger partial charge in [-0.3, -0.25) is 0 Å². The Morgan fingerprint density at radius 1 is 1.27 bits per heavy atom. The van der Waals surface area contributed by atoms with E-state index in [1.807, 2.05) is 11.8 Å². The lowest BCUT2D eigenvalue weighted by atomic mass is 10.0. The lowest BCUT2D eigenvalue weighted by Crippen LogP contribution is -2.37. The molecule has 92 valence electrons. The third kappa shape index (κ3) is 9.21. The summed E-state index contributed by atoms with van der Waals surface area (Å²) >= 11 is 1.83. The van der Waals surface area contributed by atoms with Crippen LogP contribution < -0.4 is 5.73 Å². The Morgan fingerprint density at radius 2 is 1.93 bits per heavy atom. The van der Waals surface area contributed by atoms with Gasteiger partial charge in [0, 0.05) is 11.8 Å². The predicted octanol–water partition coefficient (Wildman–Crippen LogP) is 2.64. The van der Waals surface area contributed by atoms with Crippen molar-refractivity contribution in [3.63, 3.8) is 0 Å². The zero-order valence-electron chi connectivity index (χ0n) is 10.4. The second-order valence-corrected chi connectivity index (χ2v) is 5.79. The molecule has 0 heterocycles. The van der Waals surface area contributed by atoms with Gasteiger partial charge in [-0.15, -0.1) is 0 Å². The highest BCUT2D eigenvalue weighted by Gasteiger charge is 2.15. The van der Waals surface area contributed by atoms with Gasteiger partial charge in [-0.25, -0.2) is 0 Å². The first-order chi connectivity index (χ1) is 7.07. The van der Waals surface area contributed by atoms with E-state index in [9.17, 15) is 5.11 Å². The summed E-state index contributed by atoms with van der Waals surface area (Å²) < 4.78 is 0. The van der Waals surface area contributed by atoms with E-state index in [1.165, 1.54) is 19.3 Å². The maximum absolute atomic E-state index is 9.78. The molecule has 2 atom stereocenters. The molecule has 0 spiro atoms. The van der Waals surface area contributed by atoms with Gasteiger partial charge in [-0.05, 0) is 24.5 Å². The SMILES string of the molecule is CCCCCSCC(O)C(N)CC(C)C. The zero-order valence-corrected chi connectivity index (χ0v) is 11.2. The van der Waals surface area contributed by atoms with Crippen molar-refractivity contribution in [1.82, 2.24) is 0 Å². The molecule has 0 aliphatic carbocycles. The summed E-state index contributed by atoms with van der Waals surface area (Å²) in [5.41, 5.74) is 5.90. The van der Waals surface area contributed by atoms with Crippen molar-refractivity contribution in [2.45, 2.75) is 58.6 Å². The van der Waals surface area contributed by atoms with Crippen LogP contribution in [0.3, 0.4) is 0 Å². The van der Waals surface area contributed by atoms with E-state index in [4.69, 9.17) is 5.73 Å². The lowest BCUT2D eigenvalue weighted by molar-refractivity contribution is 0.157. The summed E-state index contributed by atoms with van der Waals surface area (Å²) in [6.45, 7) is 6.49. The smallest absolute Gasteiger partial charge is 0.0781 e. The van der Waals surface area contributed by atoms with Gasteiger partial charge in [0.25, 0.3) is 0 Å². The normalized spacial score (nSPS) is 15.6. The van der Waals surface area contributed by atoms with Crippen molar-refractivity contribution in [1.29, 1.82) is 0 Å². The maximum atomic E-state index is 9.78. The number of hydrogen-bond acceptors (Lipinski definition) is 3. The highest BCUT2D eigenvalue weighted by Crippen LogP contribution is 2.12.